The number of nitrogens with zero attached hydrogens (tertiary/aromatic N) is 1. The fraction of sp³-hybridized carbons (Fsp3) is 0.455. The van der Waals surface area contributed by atoms with E-state index in [2.05, 4.69) is 9.72 Å². The highest BCUT2D eigenvalue weighted by atomic mass is 19.4. The van der Waals surface area contributed by atoms with Crippen LogP contribution >= 0.6 is 0 Å². The topological polar surface area (TPSA) is 39.2 Å². The zero-order valence-electron chi connectivity index (χ0n) is 10.1. The summed E-state index contributed by atoms with van der Waals surface area (Å²) in [6.45, 7) is 1.30. The van der Waals surface area contributed by atoms with Crippen LogP contribution in [0.3, 0.4) is 0 Å². The second-order valence-corrected chi connectivity index (χ2v) is 3.63. The quantitative estimate of drug-likeness (QED) is 0.633. The van der Waals surface area contributed by atoms with Crippen LogP contribution in [0.15, 0.2) is 6.20 Å². The van der Waals surface area contributed by atoms with Crippen LogP contribution in [0.25, 0.3) is 0 Å². The highest BCUT2D eigenvalue weighted by molar-refractivity contribution is 5.73. The number of carbonyl (C=O) groups excluding carboxylic acids is 1. The minimum absolute atomic E-state index is 0.0223. The predicted octanol–water partition coefficient (Wildman–Crippen LogP) is 3.28. The van der Waals surface area contributed by atoms with Crippen LogP contribution in [-0.2, 0) is 22.1 Å². The first-order valence-corrected chi connectivity index (χ1v) is 5.36. The van der Waals surface area contributed by atoms with Gasteiger partial charge in [-0.25, -0.2) is 13.2 Å². The molecule has 1 aromatic heterocycles. The molecule has 1 aromatic rings. The molecular weight excluding hydrogens is 292 g/mol. The first-order valence-electron chi connectivity index (χ1n) is 5.36. The molecule has 0 saturated heterocycles. The summed E-state index contributed by atoms with van der Waals surface area (Å²) >= 11 is 0. The van der Waals surface area contributed by atoms with Crippen molar-refractivity contribution in [2.75, 3.05) is 6.61 Å². The first-order chi connectivity index (χ1) is 9.18. The molecule has 1 rings (SSSR count). The Labute approximate surface area is 109 Å². The summed E-state index contributed by atoms with van der Waals surface area (Å²) in [5.41, 5.74) is -4.11. The SMILES string of the molecule is CCOC(=O)Cc1c(C(F)F)ncc(C(F)(F)F)c1F. The van der Waals surface area contributed by atoms with Gasteiger partial charge in [0, 0.05) is 11.8 Å². The maximum atomic E-state index is 13.7. The van der Waals surface area contributed by atoms with Crippen LogP contribution in [0.2, 0.25) is 0 Å². The third kappa shape index (κ3) is 3.61. The summed E-state index contributed by atoms with van der Waals surface area (Å²) in [4.78, 5) is 14.1. The van der Waals surface area contributed by atoms with Crippen LogP contribution in [0.1, 0.15) is 30.2 Å². The zero-order valence-corrected chi connectivity index (χ0v) is 10.1. The van der Waals surface area contributed by atoms with Gasteiger partial charge in [0.1, 0.15) is 17.1 Å². The molecule has 0 fully saturated rings. The van der Waals surface area contributed by atoms with E-state index in [1.54, 1.807) is 0 Å². The van der Waals surface area contributed by atoms with Gasteiger partial charge >= 0.3 is 12.1 Å². The summed E-state index contributed by atoms with van der Waals surface area (Å²) in [6.07, 6.45) is -9.47. The van der Waals surface area contributed by atoms with Gasteiger partial charge in [-0.1, -0.05) is 0 Å². The highest BCUT2D eigenvalue weighted by Gasteiger charge is 2.37. The smallest absolute Gasteiger partial charge is 0.420 e. The van der Waals surface area contributed by atoms with Crippen LogP contribution in [0, 0.1) is 5.82 Å². The summed E-state index contributed by atoms with van der Waals surface area (Å²) in [6, 6.07) is 0. The van der Waals surface area contributed by atoms with Gasteiger partial charge in [0.25, 0.3) is 6.43 Å². The molecule has 3 nitrogen and oxygen atoms in total. The standard InChI is InChI=1S/C11H9F6NO2/c1-2-20-7(19)3-5-8(12)6(11(15,16)17)4-18-9(5)10(13)14/h4,10H,2-3H2,1H3. The van der Waals surface area contributed by atoms with Crippen LogP contribution in [0.5, 0.6) is 0 Å². The van der Waals surface area contributed by atoms with Gasteiger partial charge in [0.15, 0.2) is 0 Å². The lowest BCUT2D eigenvalue weighted by Crippen LogP contribution is -2.17. The fourth-order valence-corrected chi connectivity index (χ4v) is 1.45. The van der Waals surface area contributed by atoms with E-state index in [0.29, 0.717) is 0 Å². The van der Waals surface area contributed by atoms with Crippen molar-refractivity contribution in [2.45, 2.75) is 25.9 Å². The summed E-state index contributed by atoms with van der Waals surface area (Å²) in [5, 5.41) is 0. The number of halogens is 6. The molecule has 0 unspecified atom stereocenters. The third-order valence-electron chi connectivity index (χ3n) is 2.28. The Hall–Kier alpha value is -1.80. The summed E-state index contributed by atoms with van der Waals surface area (Å²) < 4.78 is 80.7. The number of rotatable bonds is 4. The Morgan fingerprint density at radius 1 is 1.40 bits per heavy atom. The maximum absolute atomic E-state index is 13.7. The van der Waals surface area contributed by atoms with Crippen molar-refractivity contribution in [3.63, 3.8) is 0 Å². The molecule has 1 heterocycles. The second kappa shape index (κ2) is 6.10. The number of hydrogen-bond acceptors (Lipinski definition) is 3. The average Bonchev–Trinajstić information content (AvgIpc) is 2.29. The second-order valence-electron chi connectivity index (χ2n) is 3.63. The Bertz CT molecular complexity index is 500. The van der Waals surface area contributed by atoms with Gasteiger partial charge in [0.05, 0.1) is 13.0 Å². The maximum Gasteiger partial charge on any atom is 0.420 e. The van der Waals surface area contributed by atoms with Crippen molar-refractivity contribution in [3.05, 3.63) is 28.8 Å². The van der Waals surface area contributed by atoms with Crippen molar-refractivity contribution >= 4 is 5.97 Å². The number of pyridine rings is 1. The number of esters is 1. The molecular formula is C11H9F6NO2. The lowest BCUT2D eigenvalue weighted by molar-refractivity contribution is -0.143. The Balaban J connectivity index is 3.32. The molecule has 20 heavy (non-hydrogen) atoms. The van der Waals surface area contributed by atoms with Gasteiger partial charge in [-0.2, -0.15) is 13.2 Å². The molecule has 0 saturated carbocycles. The fourth-order valence-electron chi connectivity index (χ4n) is 1.45. The largest absolute Gasteiger partial charge is 0.466 e. The molecule has 0 N–H and O–H groups in total. The van der Waals surface area contributed by atoms with Crippen LogP contribution in [0.4, 0.5) is 26.3 Å². The van der Waals surface area contributed by atoms with Crippen LogP contribution < -0.4 is 0 Å². The van der Waals surface area contributed by atoms with E-state index >= 15 is 0 Å². The molecule has 0 radical (unpaired) electrons. The molecule has 112 valence electrons. The number of hydrogen-bond donors (Lipinski definition) is 0. The Morgan fingerprint density at radius 3 is 2.45 bits per heavy atom. The molecule has 0 amide bonds. The van der Waals surface area contributed by atoms with E-state index in [1.165, 1.54) is 6.92 Å². The van der Waals surface area contributed by atoms with Gasteiger partial charge < -0.3 is 4.74 Å². The van der Waals surface area contributed by atoms with E-state index in [4.69, 9.17) is 0 Å². The average molecular weight is 301 g/mol. The normalized spacial score (nSPS) is 11.8. The van der Waals surface area contributed by atoms with E-state index < -0.39 is 47.6 Å². The highest BCUT2D eigenvalue weighted by Crippen LogP contribution is 2.34. The van der Waals surface area contributed by atoms with Gasteiger partial charge in [-0.05, 0) is 6.92 Å². The van der Waals surface area contributed by atoms with Gasteiger partial charge in [0.2, 0.25) is 0 Å². The van der Waals surface area contributed by atoms with E-state index in [0.717, 1.165) is 0 Å². The molecule has 0 aliphatic heterocycles. The first kappa shape index (κ1) is 16.3. The van der Waals surface area contributed by atoms with Crippen molar-refractivity contribution in [2.24, 2.45) is 0 Å². The molecule has 0 atom stereocenters. The molecule has 0 bridgehead atoms. The van der Waals surface area contributed by atoms with Crippen molar-refractivity contribution in [1.29, 1.82) is 0 Å². The third-order valence-corrected chi connectivity index (χ3v) is 2.28. The van der Waals surface area contributed by atoms with Crippen molar-refractivity contribution < 1.29 is 35.9 Å². The van der Waals surface area contributed by atoms with Crippen LogP contribution in [-0.4, -0.2) is 17.6 Å². The summed E-state index contributed by atoms with van der Waals surface area (Å²) in [7, 11) is 0. The van der Waals surface area contributed by atoms with Gasteiger partial charge in [-0.3, -0.25) is 9.78 Å². The molecule has 9 heteroatoms. The zero-order chi connectivity index (χ0) is 15.5. The van der Waals surface area contributed by atoms with Crippen molar-refractivity contribution in [3.8, 4) is 0 Å². The molecule has 0 aliphatic rings. The van der Waals surface area contributed by atoms with Crippen molar-refractivity contribution in [1.82, 2.24) is 4.98 Å². The van der Waals surface area contributed by atoms with E-state index in [1.807, 2.05) is 0 Å². The Morgan fingerprint density at radius 2 is 2.00 bits per heavy atom. The number of alkyl halides is 5. The number of carbonyl (C=O) groups is 1. The van der Waals surface area contributed by atoms with Gasteiger partial charge in [-0.15, -0.1) is 0 Å². The molecule has 0 aromatic carbocycles. The lowest BCUT2D eigenvalue weighted by atomic mass is 10.1. The minimum atomic E-state index is -5.10. The monoisotopic (exact) mass is 301 g/mol. The molecule has 0 spiro atoms. The number of aromatic nitrogens is 1. The summed E-state index contributed by atoms with van der Waals surface area (Å²) in [5.74, 6) is -3.05. The predicted molar refractivity (Wildman–Crippen MR) is 54.5 cm³/mol. The van der Waals surface area contributed by atoms with E-state index in [9.17, 15) is 31.1 Å². The Kier molecular flexibility index (Phi) is 4.96. The lowest BCUT2D eigenvalue weighted by Gasteiger charge is -2.14. The number of ether oxygens (including phenoxy) is 1. The molecule has 0 aliphatic carbocycles. The van der Waals surface area contributed by atoms with E-state index in [-0.39, 0.29) is 12.8 Å². The minimum Gasteiger partial charge on any atom is -0.466 e.